The molecule has 0 fully saturated rings. The molecule has 4 aromatic rings. The molecule has 184 valence electrons. The standard InChI is InChI=1S/C28H25ClN2O4S/c1-19(28(34)31(17-20-10-4-2-5-11-20)18-21-12-6-3-7-13-21)35-24(32)16-30-27(33)26-25(29)22-14-8-9-15-23(22)36-26/h2-15,19H,16-18H2,1H3,(H,30,33)/t19-/m1/s1. The Kier molecular flexibility index (Phi) is 8.36. The van der Waals surface area contributed by atoms with E-state index in [9.17, 15) is 14.4 Å². The molecule has 36 heavy (non-hydrogen) atoms. The number of benzene rings is 3. The molecule has 0 aliphatic rings. The maximum atomic E-state index is 13.2. The number of nitrogens with zero attached hydrogens (tertiary/aromatic N) is 1. The summed E-state index contributed by atoms with van der Waals surface area (Å²) in [6.07, 6.45) is -1.02. The van der Waals surface area contributed by atoms with Gasteiger partial charge in [-0.2, -0.15) is 0 Å². The number of fused-ring (bicyclic) bond motifs is 1. The Morgan fingerprint density at radius 3 is 2.03 bits per heavy atom. The van der Waals surface area contributed by atoms with Crippen molar-refractivity contribution in [1.82, 2.24) is 10.2 Å². The summed E-state index contributed by atoms with van der Waals surface area (Å²) in [5, 5.41) is 3.68. The molecule has 0 aliphatic heterocycles. The second-order valence-corrected chi connectivity index (χ2v) is 9.65. The van der Waals surface area contributed by atoms with E-state index < -0.39 is 18.0 Å². The summed E-state index contributed by atoms with van der Waals surface area (Å²) < 4.78 is 6.25. The third-order valence-corrected chi connectivity index (χ3v) is 7.21. The first kappa shape index (κ1) is 25.4. The summed E-state index contributed by atoms with van der Waals surface area (Å²) in [4.78, 5) is 40.3. The van der Waals surface area contributed by atoms with Crippen molar-refractivity contribution < 1.29 is 19.1 Å². The van der Waals surface area contributed by atoms with Crippen LogP contribution in [0.1, 0.15) is 27.7 Å². The number of ether oxygens (including phenoxy) is 1. The lowest BCUT2D eigenvalue weighted by atomic mass is 10.1. The van der Waals surface area contributed by atoms with Crippen LogP contribution in [0.4, 0.5) is 0 Å². The molecule has 0 bridgehead atoms. The van der Waals surface area contributed by atoms with Gasteiger partial charge >= 0.3 is 5.97 Å². The molecule has 4 rings (SSSR count). The summed E-state index contributed by atoms with van der Waals surface area (Å²) >= 11 is 7.60. The highest BCUT2D eigenvalue weighted by Gasteiger charge is 2.25. The molecule has 8 heteroatoms. The van der Waals surface area contributed by atoms with Gasteiger partial charge in [0.2, 0.25) is 0 Å². The predicted molar refractivity (Wildman–Crippen MR) is 142 cm³/mol. The molecule has 0 spiro atoms. The topological polar surface area (TPSA) is 75.7 Å². The van der Waals surface area contributed by atoms with Gasteiger partial charge in [0.15, 0.2) is 6.10 Å². The van der Waals surface area contributed by atoms with Gasteiger partial charge in [0, 0.05) is 23.2 Å². The molecular formula is C28H25ClN2O4S. The summed E-state index contributed by atoms with van der Waals surface area (Å²) in [6, 6.07) is 26.7. The van der Waals surface area contributed by atoms with E-state index in [-0.39, 0.29) is 12.5 Å². The van der Waals surface area contributed by atoms with Crippen LogP contribution in [0.5, 0.6) is 0 Å². The molecule has 0 radical (unpaired) electrons. The number of amides is 2. The fourth-order valence-electron chi connectivity index (χ4n) is 3.76. The van der Waals surface area contributed by atoms with Crippen molar-refractivity contribution in [2.45, 2.75) is 26.1 Å². The van der Waals surface area contributed by atoms with Crippen molar-refractivity contribution >= 4 is 50.8 Å². The van der Waals surface area contributed by atoms with E-state index in [1.165, 1.54) is 18.3 Å². The third kappa shape index (κ3) is 6.30. The van der Waals surface area contributed by atoms with Crippen LogP contribution in [-0.2, 0) is 27.4 Å². The van der Waals surface area contributed by atoms with E-state index >= 15 is 0 Å². The molecule has 1 heterocycles. The molecule has 2 amide bonds. The Morgan fingerprint density at radius 1 is 0.889 bits per heavy atom. The molecule has 0 saturated heterocycles. The van der Waals surface area contributed by atoms with Crippen molar-refractivity contribution in [1.29, 1.82) is 0 Å². The van der Waals surface area contributed by atoms with Gasteiger partial charge in [-0.15, -0.1) is 11.3 Å². The maximum absolute atomic E-state index is 13.2. The number of rotatable bonds is 9. The van der Waals surface area contributed by atoms with Gasteiger partial charge in [0.05, 0.1) is 5.02 Å². The van der Waals surface area contributed by atoms with E-state index in [1.807, 2.05) is 84.9 Å². The first-order valence-electron chi connectivity index (χ1n) is 11.4. The Morgan fingerprint density at radius 2 is 1.44 bits per heavy atom. The van der Waals surface area contributed by atoms with Gasteiger partial charge in [-0.3, -0.25) is 14.4 Å². The molecule has 0 unspecified atom stereocenters. The lowest BCUT2D eigenvalue weighted by Crippen LogP contribution is -2.41. The molecule has 1 aromatic heterocycles. The quantitative estimate of drug-likeness (QED) is 0.298. The zero-order chi connectivity index (χ0) is 25.5. The summed E-state index contributed by atoms with van der Waals surface area (Å²) in [7, 11) is 0. The number of halogens is 1. The van der Waals surface area contributed by atoms with Crippen molar-refractivity contribution in [3.63, 3.8) is 0 Å². The van der Waals surface area contributed by atoms with Crippen molar-refractivity contribution in [2.75, 3.05) is 6.54 Å². The number of thiophene rings is 1. The van der Waals surface area contributed by atoms with Crippen LogP contribution >= 0.6 is 22.9 Å². The molecule has 6 nitrogen and oxygen atoms in total. The predicted octanol–water partition coefficient (Wildman–Crippen LogP) is 5.45. The minimum absolute atomic E-state index is 0.324. The van der Waals surface area contributed by atoms with E-state index in [1.54, 1.807) is 4.90 Å². The number of hydrogen-bond donors (Lipinski definition) is 1. The molecule has 3 aromatic carbocycles. The zero-order valence-corrected chi connectivity index (χ0v) is 21.2. The molecule has 1 N–H and O–H groups in total. The van der Waals surface area contributed by atoms with Crippen LogP contribution in [0.15, 0.2) is 84.9 Å². The average Bonchev–Trinajstić information content (AvgIpc) is 3.24. The van der Waals surface area contributed by atoms with Crippen LogP contribution in [0.25, 0.3) is 10.1 Å². The molecular weight excluding hydrogens is 496 g/mol. The second kappa shape index (κ2) is 11.8. The van der Waals surface area contributed by atoms with Gasteiger partial charge in [-0.25, -0.2) is 0 Å². The van der Waals surface area contributed by atoms with Gasteiger partial charge in [0.1, 0.15) is 11.4 Å². The highest BCUT2D eigenvalue weighted by molar-refractivity contribution is 7.21. The monoisotopic (exact) mass is 520 g/mol. The van der Waals surface area contributed by atoms with Gasteiger partial charge in [-0.1, -0.05) is 90.5 Å². The summed E-state index contributed by atoms with van der Waals surface area (Å²) in [5.74, 6) is -1.50. The number of esters is 1. The van der Waals surface area contributed by atoms with E-state index in [4.69, 9.17) is 16.3 Å². The van der Waals surface area contributed by atoms with Crippen LogP contribution in [0.3, 0.4) is 0 Å². The normalized spacial score (nSPS) is 11.6. The molecule has 1 atom stereocenters. The minimum Gasteiger partial charge on any atom is -0.451 e. The highest BCUT2D eigenvalue weighted by Crippen LogP contribution is 2.34. The minimum atomic E-state index is -1.02. The van der Waals surface area contributed by atoms with Gasteiger partial charge < -0.3 is 15.0 Å². The van der Waals surface area contributed by atoms with Crippen molar-refractivity contribution in [3.8, 4) is 0 Å². The maximum Gasteiger partial charge on any atom is 0.326 e. The Balaban J connectivity index is 1.37. The van der Waals surface area contributed by atoms with Crippen molar-refractivity contribution in [2.24, 2.45) is 0 Å². The lowest BCUT2D eigenvalue weighted by molar-refractivity contribution is -0.158. The summed E-state index contributed by atoms with van der Waals surface area (Å²) in [6.45, 7) is 1.90. The van der Waals surface area contributed by atoms with Gasteiger partial charge in [0.25, 0.3) is 11.8 Å². The molecule has 0 saturated carbocycles. The Hall–Kier alpha value is -3.68. The van der Waals surface area contributed by atoms with Gasteiger partial charge in [-0.05, 0) is 24.1 Å². The second-order valence-electron chi connectivity index (χ2n) is 8.22. The van der Waals surface area contributed by atoms with Crippen LogP contribution in [0.2, 0.25) is 5.02 Å². The number of nitrogens with one attached hydrogen (secondary N) is 1. The Bertz CT molecular complexity index is 1320. The first-order valence-corrected chi connectivity index (χ1v) is 12.6. The fraction of sp³-hybridized carbons (Fsp3) is 0.179. The number of carbonyl (C=O) groups excluding carboxylic acids is 3. The zero-order valence-electron chi connectivity index (χ0n) is 19.6. The average molecular weight is 521 g/mol. The van der Waals surface area contributed by atoms with Crippen LogP contribution in [0, 0.1) is 0 Å². The van der Waals surface area contributed by atoms with Crippen LogP contribution in [-0.4, -0.2) is 35.3 Å². The Labute approximate surface area is 218 Å². The SMILES string of the molecule is C[C@@H](OC(=O)CNC(=O)c1sc2ccccc2c1Cl)C(=O)N(Cc1ccccc1)Cc1ccccc1. The highest BCUT2D eigenvalue weighted by atomic mass is 35.5. The molecule has 0 aliphatic carbocycles. The van der Waals surface area contributed by atoms with E-state index in [0.717, 1.165) is 21.2 Å². The lowest BCUT2D eigenvalue weighted by Gasteiger charge is -2.26. The fourth-order valence-corrected chi connectivity index (χ4v) is 5.19. The van der Waals surface area contributed by atoms with E-state index in [2.05, 4.69) is 5.32 Å². The smallest absolute Gasteiger partial charge is 0.326 e. The van der Waals surface area contributed by atoms with Crippen LogP contribution < -0.4 is 5.32 Å². The number of carbonyl (C=O) groups is 3. The summed E-state index contributed by atoms with van der Waals surface area (Å²) in [5.41, 5.74) is 1.93. The van der Waals surface area contributed by atoms with E-state index in [0.29, 0.717) is 23.0 Å². The number of hydrogen-bond acceptors (Lipinski definition) is 5. The van der Waals surface area contributed by atoms with Crippen molar-refractivity contribution in [3.05, 3.63) is 106 Å². The third-order valence-electron chi connectivity index (χ3n) is 5.53. The largest absolute Gasteiger partial charge is 0.451 e. The first-order chi connectivity index (χ1) is 17.4.